The Morgan fingerprint density at radius 2 is 2.21 bits per heavy atom. The van der Waals surface area contributed by atoms with Crippen molar-refractivity contribution < 1.29 is 14.3 Å². The van der Waals surface area contributed by atoms with Crippen LogP contribution in [0.25, 0.3) is 17.1 Å². The summed E-state index contributed by atoms with van der Waals surface area (Å²) in [7, 11) is 0. The van der Waals surface area contributed by atoms with Crippen LogP contribution in [0.15, 0.2) is 46.3 Å². The zero-order valence-electron chi connectivity index (χ0n) is 9.48. The number of nitrogens with zero attached hydrogens (tertiary/aromatic N) is 3. The molecule has 0 unspecified atom stereocenters. The summed E-state index contributed by atoms with van der Waals surface area (Å²) < 4.78 is 6.50. The molecule has 3 heterocycles. The van der Waals surface area contributed by atoms with E-state index in [1.807, 2.05) is 0 Å². The van der Waals surface area contributed by atoms with Crippen molar-refractivity contribution in [3.63, 3.8) is 0 Å². The monoisotopic (exact) mass is 257 g/mol. The van der Waals surface area contributed by atoms with E-state index < -0.39 is 5.97 Å². The third-order valence-corrected chi connectivity index (χ3v) is 2.70. The predicted molar refractivity (Wildman–Crippen MR) is 65.3 cm³/mol. The number of aromatic carboxylic acids is 1. The molecule has 0 atom stereocenters. The normalized spacial score (nSPS) is 10.7. The fourth-order valence-corrected chi connectivity index (χ4v) is 1.89. The van der Waals surface area contributed by atoms with Gasteiger partial charge in [-0.1, -0.05) is 0 Å². The number of furan rings is 1. The zero-order valence-corrected chi connectivity index (χ0v) is 9.48. The summed E-state index contributed by atoms with van der Waals surface area (Å²) in [6.07, 6.45) is 2.96. The molecule has 0 fully saturated rings. The van der Waals surface area contributed by atoms with Crippen LogP contribution in [0.4, 0.5) is 5.82 Å². The van der Waals surface area contributed by atoms with Crippen molar-refractivity contribution in [2.75, 3.05) is 0 Å². The molecule has 0 spiro atoms. The van der Waals surface area contributed by atoms with E-state index in [9.17, 15) is 9.70 Å². The minimum atomic E-state index is -1.13. The summed E-state index contributed by atoms with van der Waals surface area (Å²) in [5.41, 5.74) is 0.356. The third kappa shape index (κ3) is 1.60. The van der Waals surface area contributed by atoms with Crippen molar-refractivity contribution in [1.29, 1.82) is 0 Å². The first-order valence-corrected chi connectivity index (χ1v) is 5.34. The van der Waals surface area contributed by atoms with Gasteiger partial charge >= 0.3 is 5.97 Å². The highest BCUT2D eigenvalue weighted by Gasteiger charge is 2.20. The van der Waals surface area contributed by atoms with E-state index in [0.717, 1.165) is 0 Å². The van der Waals surface area contributed by atoms with Gasteiger partial charge < -0.3 is 9.52 Å². The van der Waals surface area contributed by atoms with Crippen molar-refractivity contribution in [3.05, 3.63) is 47.2 Å². The van der Waals surface area contributed by atoms with Crippen LogP contribution in [-0.2, 0) is 0 Å². The molecular weight excluding hydrogens is 250 g/mol. The lowest BCUT2D eigenvalue weighted by atomic mass is 10.3. The molecule has 0 aliphatic rings. The van der Waals surface area contributed by atoms with Crippen LogP contribution >= 0.6 is 0 Å². The molecule has 7 nitrogen and oxygen atoms in total. The van der Waals surface area contributed by atoms with E-state index in [0.29, 0.717) is 5.76 Å². The first-order valence-electron chi connectivity index (χ1n) is 5.34. The van der Waals surface area contributed by atoms with Gasteiger partial charge in [0.2, 0.25) is 5.82 Å². The number of rotatable bonds is 3. The molecule has 0 amide bonds. The van der Waals surface area contributed by atoms with Crippen LogP contribution in [0.3, 0.4) is 0 Å². The van der Waals surface area contributed by atoms with Crippen LogP contribution in [0.5, 0.6) is 0 Å². The molecule has 3 aromatic heterocycles. The average Bonchev–Trinajstić information content (AvgIpc) is 3.04. The van der Waals surface area contributed by atoms with Crippen LogP contribution in [0.1, 0.15) is 10.4 Å². The second kappa shape index (κ2) is 4.05. The Morgan fingerprint density at radius 3 is 2.84 bits per heavy atom. The Balaban J connectivity index is 2.39. The molecule has 0 aliphatic carbocycles. The summed E-state index contributed by atoms with van der Waals surface area (Å²) in [4.78, 5) is 26.2. The van der Waals surface area contributed by atoms with Crippen LogP contribution in [0, 0.1) is 4.91 Å². The summed E-state index contributed by atoms with van der Waals surface area (Å²) in [5.74, 6) is -0.762. The molecule has 0 saturated carbocycles. The Hall–Kier alpha value is -2.96. The Kier molecular flexibility index (Phi) is 2.38. The lowest BCUT2D eigenvalue weighted by Crippen LogP contribution is -1.99. The smallest absolute Gasteiger partial charge is 0.339 e. The van der Waals surface area contributed by atoms with E-state index in [4.69, 9.17) is 9.52 Å². The van der Waals surface area contributed by atoms with Gasteiger partial charge in [-0.15, -0.1) is 4.91 Å². The van der Waals surface area contributed by atoms with Gasteiger partial charge in [-0.25, -0.2) is 9.78 Å². The first kappa shape index (κ1) is 11.1. The number of carboxylic acid groups (broad SMARTS) is 1. The molecule has 0 saturated heterocycles. The Labute approximate surface area is 106 Å². The molecule has 1 N–H and O–H groups in total. The Bertz CT molecular complexity index is 774. The number of aromatic nitrogens is 2. The Morgan fingerprint density at radius 1 is 1.37 bits per heavy atom. The second-order valence-corrected chi connectivity index (χ2v) is 3.77. The average molecular weight is 257 g/mol. The van der Waals surface area contributed by atoms with Crippen molar-refractivity contribution in [2.45, 2.75) is 0 Å². The second-order valence-electron chi connectivity index (χ2n) is 3.77. The lowest BCUT2D eigenvalue weighted by molar-refractivity contribution is 0.0698. The molecule has 3 aromatic rings. The van der Waals surface area contributed by atoms with Crippen LogP contribution < -0.4 is 0 Å². The maximum Gasteiger partial charge on any atom is 0.339 e. The van der Waals surface area contributed by atoms with Crippen molar-refractivity contribution in [3.8, 4) is 11.5 Å². The van der Waals surface area contributed by atoms with E-state index in [2.05, 4.69) is 10.2 Å². The highest BCUT2D eigenvalue weighted by atomic mass is 16.4. The SMILES string of the molecule is O=Nc1c(-c2ccco2)nc2c(C(=O)O)cccn12. The molecular formula is C12H7N3O4. The van der Waals surface area contributed by atoms with Crippen molar-refractivity contribution in [2.24, 2.45) is 5.18 Å². The van der Waals surface area contributed by atoms with Gasteiger partial charge in [0.1, 0.15) is 5.56 Å². The quantitative estimate of drug-likeness (QED) is 0.727. The number of fused-ring (bicyclic) bond motifs is 1. The van der Waals surface area contributed by atoms with Crippen LogP contribution in [0.2, 0.25) is 0 Å². The molecule has 0 bridgehead atoms. The summed E-state index contributed by atoms with van der Waals surface area (Å²) >= 11 is 0. The number of imidazole rings is 1. The molecule has 7 heteroatoms. The van der Waals surface area contributed by atoms with Crippen molar-refractivity contribution >= 4 is 17.4 Å². The van der Waals surface area contributed by atoms with Gasteiger partial charge in [0.15, 0.2) is 17.1 Å². The van der Waals surface area contributed by atoms with E-state index in [1.54, 1.807) is 12.1 Å². The topological polar surface area (TPSA) is 97.2 Å². The predicted octanol–water partition coefficient (Wildman–Crippen LogP) is 2.69. The minimum Gasteiger partial charge on any atom is -0.478 e. The summed E-state index contributed by atoms with van der Waals surface area (Å²) in [6.45, 7) is 0. The fourth-order valence-electron chi connectivity index (χ4n) is 1.89. The molecule has 0 aromatic carbocycles. The molecule has 19 heavy (non-hydrogen) atoms. The molecule has 0 radical (unpaired) electrons. The first-order chi connectivity index (χ1) is 9.22. The maximum atomic E-state index is 11.1. The number of carboxylic acids is 1. The largest absolute Gasteiger partial charge is 0.478 e. The maximum absolute atomic E-state index is 11.1. The highest BCUT2D eigenvalue weighted by Crippen LogP contribution is 2.31. The minimum absolute atomic E-state index is 0.00745. The van der Waals surface area contributed by atoms with E-state index in [1.165, 1.54) is 29.0 Å². The molecule has 0 aliphatic heterocycles. The number of pyridine rings is 1. The van der Waals surface area contributed by atoms with Gasteiger partial charge in [-0.2, -0.15) is 0 Å². The number of nitroso groups, excluding NO2 is 1. The summed E-state index contributed by atoms with van der Waals surface area (Å²) in [6, 6.07) is 6.19. The van der Waals surface area contributed by atoms with Gasteiger partial charge in [-0.3, -0.25) is 4.40 Å². The van der Waals surface area contributed by atoms with E-state index >= 15 is 0 Å². The van der Waals surface area contributed by atoms with Gasteiger partial charge in [0.25, 0.3) is 0 Å². The van der Waals surface area contributed by atoms with Crippen LogP contribution in [-0.4, -0.2) is 20.5 Å². The fraction of sp³-hybridized carbons (Fsp3) is 0. The standard InChI is InChI=1S/C12H7N3O4/c16-12(17)7-3-1-5-15-10(7)13-9(11(15)14-18)8-4-2-6-19-8/h1-6H,(H,16,17). The van der Waals surface area contributed by atoms with Gasteiger partial charge in [-0.05, 0) is 29.4 Å². The highest BCUT2D eigenvalue weighted by molar-refractivity contribution is 5.95. The lowest BCUT2D eigenvalue weighted by Gasteiger charge is -1.97. The van der Waals surface area contributed by atoms with Gasteiger partial charge in [0.05, 0.1) is 6.26 Å². The molecule has 94 valence electrons. The third-order valence-electron chi connectivity index (χ3n) is 2.70. The number of hydrogen-bond acceptors (Lipinski definition) is 5. The number of hydrogen-bond donors (Lipinski definition) is 1. The van der Waals surface area contributed by atoms with Crippen molar-refractivity contribution in [1.82, 2.24) is 9.38 Å². The molecule has 3 rings (SSSR count). The number of carbonyl (C=O) groups is 1. The van der Waals surface area contributed by atoms with Gasteiger partial charge in [0, 0.05) is 6.20 Å². The zero-order chi connectivity index (χ0) is 13.4. The summed E-state index contributed by atoms with van der Waals surface area (Å²) in [5, 5.41) is 12.0. The van der Waals surface area contributed by atoms with E-state index in [-0.39, 0.29) is 22.7 Å².